The number of nitrogens with two attached hydrogens (primary N) is 1. The van der Waals surface area contributed by atoms with Gasteiger partial charge in [-0.15, -0.1) is 11.8 Å². The Morgan fingerprint density at radius 2 is 2.10 bits per heavy atom. The first-order valence-electron chi connectivity index (χ1n) is 6.09. The standard InChI is InChI=1S/C12H19N3O2S3/c1-3-19-10-6-4-5-9(11(10)12(13)18)14-7-8-15-20(2,16)17/h4-6,14-15H,3,7-8H2,1-2H3,(H2,13,18). The molecule has 0 fully saturated rings. The van der Waals surface area contributed by atoms with Crippen LogP contribution in [0.4, 0.5) is 5.69 Å². The van der Waals surface area contributed by atoms with Crippen LogP contribution < -0.4 is 15.8 Å². The summed E-state index contributed by atoms with van der Waals surface area (Å²) in [6, 6.07) is 5.78. The molecule has 20 heavy (non-hydrogen) atoms. The second-order valence-electron chi connectivity index (χ2n) is 4.07. The Bertz CT molecular complexity index is 573. The van der Waals surface area contributed by atoms with Crippen LogP contribution in [-0.4, -0.2) is 38.5 Å². The third-order valence-electron chi connectivity index (χ3n) is 2.38. The number of rotatable bonds is 8. The molecule has 112 valence electrons. The largest absolute Gasteiger partial charge is 0.389 e. The Morgan fingerprint density at radius 1 is 1.40 bits per heavy atom. The molecule has 0 aliphatic rings. The summed E-state index contributed by atoms with van der Waals surface area (Å²) in [7, 11) is -3.17. The van der Waals surface area contributed by atoms with E-state index in [9.17, 15) is 8.42 Å². The van der Waals surface area contributed by atoms with Gasteiger partial charge in [0.05, 0.1) is 6.26 Å². The summed E-state index contributed by atoms with van der Waals surface area (Å²) < 4.78 is 24.4. The van der Waals surface area contributed by atoms with E-state index < -0.39 is 10.0 Å². The van der Waals surface area contributed by atoms with Gasteiger partial charge in [-0.2, -0.15) is 0 Å². The van der Waals surface area contributed by atoms with Crippen molar-refractivity contribution in [2.24, 2.45) is 5.73 Å². The lowest BCUT2D eigenvalue weighted by Crippen LogP contribution is -2.28. The van der Waals surface area contributed by atoms with Crippen LogP contribution in [0.25, 0.3) is 0 Å². The van der Waals surface area contributed by atoms with Crippen molar-refractivity contribution in [3.63, 3.8) is 0 Å². The molecular formula is C12H19N3O2S3. The molecule has 0 saturated carbocycles. The molecule has 1 rings (SSSR count). The van der Waals surface area contributed by atoms with Gasteiger partial charge in [-0.05, 0) is 17.9 Å². The average Bonchev–Trinajstić information content (AvgIpc) is 2.33. The SMILES string of the molecule is CCSc1cccc(NCCNS(C)(=O)=O)c1C(N)=S. The highest BCUT2D eigenvalue weighted by Gasteiger charge is 2.11. The number of sulfonamides is 1. The normalized spacial score (nSPS) is 11.3. The predicted molar refractivity (Wildman–Crippen MR) is 90.1 cm³/mol. The number of thioether (sulfide) groups is 1. The summed E-state index contributed by atoms with van der Waals surface area (Å²) >= 11 is 6.77. The molecule has 0 amide bonds. The van der Waals surface area contributed by atoms with Gasteiger partial charge in [0.25, 0.3) is 0 Å². The zero-order chi connectivity index (χ0) is 15.2. The third kappa shape index (κ3) is 5.66. The number of nitrogens with one attached hydrogen (secondary N) is 2. The van der Waals surface area contributed by atoms with Crippen LogP contribution in [0.15, 0.2) is 23.1 Å². The highest BCUT2D eigenvalue weighted by molar-refractivity contribution is 7.99. The molecule has 0 heterocycles. The van der Waals surface area contributed by atoms with E-state index in [1.807, 2.05) is 18.2 Å². The van der Waals surface area contributed by atoms with E-state index in [2.05, 4.69) is 17.0 Å². The van der Waals surface area contributed by atoms with Gasteiger partial charge in [0, 0.05) is 29.2 Å². The summed E-state index contributed by atoms with van der Waals surface area (Å²) in [4.78, 5) is 1.36. The van der Waals surface area contributed by atoms with Gasteiger partial charge < -0.3 is 11.1 Å². The van der Waals surface area contributed by atoms with Crippen molar-refractivity contribution >= 4 is 44.7 Å². The van der Waals surface area contributed by atoms with Gasteiger partial charge in [0.1, 0.15) is 4.99 Å². The minimum Gasteiger partial charge on any atom is -0.389 e. The summed E-state index contributed by atoms with van der Waals surface area (Å²) in [6.07, 6.45) is 1.13. The fourth-order valence-electron chi connectivity index (χ4n) is 1.64. The quantitative estimate of drug-likeness (QED) is 0.379. The van der Waals surface area contributed by atoms with Gasteiger partial charge in [0.15, 0.2) is 0 Å². The van der Waals surface area contributed by atoms with Crippen LogP contribution in [0.3, 0.4) is 0 Å². The van der Waals surface area contributed by atoms with Crippen LogP contribution in [0.5, 0.6) is 0 Å². The maximum absolute atomic E-state index is 11.0. The van der Waals surface area contributed by atoms with Gasteiger partial charge in [0.2, 0.25) is 10.0 Å². The minimum absolute atomic E-state index is 0.306. The zero-order valence-corrected chi connectivity index (χ0v) is 13.9. The lowest BCUT2D eigenvalue weighted by atomic mass is 10.1. The summed E-state index contributed by atoms with van der Waals surface area (Å²) in [5, 5.41) is 3.16. The van der Waals surface area contributed by atoms with Crippen molar-refractivity contribution in [3.05, 3.63) is 23.8 Å². The van der Waals surface area contributed by atoms with Crippen LogP contribution in [-0.2, 0) is 10.0 Å². The Morgan fingerprint density at radius 3 is 2.65 bits per heavy atom. The third-order valence-corrected chi connectivity index (χ3v) is 4.25. The number of hydrogen-bond acceptors (Lipinski definition) is 5. The molecule has 0 saturated heterocycles. The molecule has 4 N–H and O–H groups in total. The van der Waals surface area contributed by atoms with E-state index in [-0.39, 0.29) is 0 Å². The van der Waals surface area contributed by atoms with Crippen molar-refractivity contribution in [2.75, 3.05) is 30.4 Å². The molecule has 0 radical (unpaired) electrons. The highest BCUT2D eigenvalue weighted by Crippen LogP contribution is 2.28. The molecule has 0 unspecified atom stereocenters. The molecule has 8 heteroatoms. The molecule has 5 nitrogen and oxygen atoms in total. The first-order valence-corrected chi connectivity index (χ1v) is 9.37. The first kappa shape index (κ1) is 17.2. The smallest absolute Gasteiger partial charge is 0.208 e. The Kier molecular flexibility index (Phi) is 6.74. The molecule has 0 aliphatic heterocycles. The van der Waals surface area contributed by atoms with E-state index in [0.29, 0.717) is 18.1 Å². The van der Waals surface area contributed by atoms with Crippen LogP contribution >= 0.6 is 24.0 Å². The monoisotopic (exact) mass is 333 g/mol. The Hall–Kier alpha value is -0.830. The lowest BCUT2D eigenvalue weighted by molar-refractivity contribution is 0.589. The zero-order valence-electron chi connectivity index (χ0n) is 11.5. The van der Waals surface area contributed by atoms with Gasteiger partial charge >= 0.3 is 0 Å². The molecule has 1 aromatic rings. The van der Waals surface area contributed by atoms with Crippen LogP contribution in [0.1, 0.15) is 12.5 Å². The molecule has 0 aromatic heterocycles. The van der Waals surface area contributed by atoms with Gasteiger partial charge in [-0.1, -0.05) is 25.2 Å². The van der Waals surface area contributed by atoms with Crippen molar-refractivity contribution < 1.29 is 8.42 Å². The van der Waals surface area contributed by atoms with Crippen LogP contribution in [0.2, 0.25) is 0 Å². The van der Waals surface area contributed by atoms with Crippen molar-refractivity contribution in [3.8, 4) is 0 Å². The number of benzene rings is 1. The van der Waals surface area contributed by atoms with Crippen molar-refractivity contribution in [1.29, 1.82) is 0 Å². The lowest BCUT2D eigenvalue weighted by Gasteiger charge is -2.14. The average molecular weight is 334 g/mol. The van der Waals surface area contributed by atoms with E-state index >= 15 is 0 Å². The Labute approximate surface area is 129 Å². The van der Waals surface area contributed by atoms with Gasteiger partial charge in [-0.3, -0.25) is 0 Å². The van der Waals surface area contributed by atoms with E-state index in [0.717, 1.165) is 28.2 Å². The molecule has 0 spiro atoms. The molecule has 0 atom stereocenters. The Balaban J connectivity index is 2.79. The summed E-state index contributed by atoms with van der Waals surface area (Å²) in [5.41, 5.74) is 7.42. The maximum Gasteiger partial charge on any atom is 0.208 e. The molecular weight excluding hydrogens is 314 g/mol. The fraction of sp³-hybridized carbons (Fsp3) is 0.417. The van der Waals surface area contributed by atoms with E-state index in [1.165, 1.54) is 0 Å². The molecule has 0 bridgehead atoms. The second-order valence-corrected chi connectivity index (χ2v) is 7.65. The highest BCUT2D eigenvalue weighted by atomic mass is 32.2. The maximum atomic E-state index is 11.0. The molecule has 0 aliphatic carbocycles. The number of hydrogen-bond donors (Lipinski definition) is 3. The predicted octanol–water partition coefficient (Wildman–Crippen LogP) is 1.39. The van der Waals surface area contributed by atoms with Crippen molar-refractivity contribution in [2.45, 2.75) is 11.8 Å². The fourth-order valence-corrected chi connectivity index (χ4v) is 3.25. The first-order chi connectivity index (χ1) is 9.35. The van der Waals surface area contributed by atoms with E-state index in [4.69, 9.17) is 18.0 Å². The second kappa shape index (κ2) is 7.82. The van der Waals surface area contributed by atoms with Gasteiger partial charge in [-0.25, -0.2) is 13.1 Å². The minimum atomic E-state index is -3.17. The van der Waals surface area contributed by atoms with Crippen LogP contribution in [0, 0.1) is 0 Å². The van der Waals surface area contributed by atoms with E-state index in [1.54, 1.807) is 11.8 Å². The number of thiocarbonyl (C=S) groups is 1. The summed E-state index contributed by atoms with van der Waals surface area (Å²) in [5.74, 6) is 0.925. The number of anilines is 1. The topological polar surface area (TPSA) is 84.2 Å². The summed E-state index contributed by atoms with van der Waals surface area (Å²) in [6.45, 7) is 2.83. The van der Waals surface area contributed by atoms with Crippen molar-refractivity contribution in [1.82, 2.24) is 4.72 Å². The molecule has 1 aromatic carbocycles.